The van der Waals surface area contributed by atoms with E-state index in [1.165, 1.54) is 4.90 Å². The SMILES string of the molecule is CCN(CC(=O)NC)C(=O)c1cc(Br)cn1C(C)C. The van der Waals surface area contributed by atoms with Gasteiger partial charge in [0.15, 0.2) is 0 Å². The fraction of sp³-hybridized carbons (Fsp3) is 0.538. The molecular weight excluding hydrogens is 310 g/mol. The third-order valence-electron chi connectivity index (χ3n) is 2.87. The summed E-state index contributed by atoms with van der Waals surface area (Å²) in [6.07, 6.45) is 1.88. The summed E-state index contributed by atoms with van der Waals surface area (Å²) in [5.74, 6) is -0.303. The van der Waals surface area contributed by atoms with Crippen molar-refractivity contribution in [2.75, 3.05) is 20.1 Å². The quantitative estimate of drug-likeness (QED) is 0.898. The van der Waals surface area contributed by atoms with Crippen molar-refractivity contribution < 1.29 is 9.59 Å². The summed E-state index contributed by atoms with van der Waals surface area (Å²) in [4.78, 5) is 25.4. The Morgan fingerprint density at radius 1 is 1.47 bits per heavy atom. The van der Waals surface area contributed by atoms with Crippen molar-refractivity contribution in [1.82, 2.24) is 14.8 Å². The zero-order chi connectivity index (χ0) is 14.6. The lowest BCUT2D eigenvalue weighted by Gasteiger charge is -2.21. The molecule has 1 aromatic rings. The molecule has 2 amide bonds. The predicted octanol–water partition coefficient (Wildman–Crippen LogP) is 2.04. The molecule has 0 aromatic carbocycles. The number of halogens is 1. The van der Waals surface area contributed by atoms with Crippen molar-refractivity contribution >= 4 is 27.7 Å². The number of hydrogen-bond donors (Lipinski definition) is 1. The summed E-state index contributed by atoms with van der Waals surface area (Å²) in [5, 5.41) is 2.53. The van der Waals surface area contributed by atoms with E-state index in [1.807, 2.05) is 31.5 Å². The number of likely N-dealkylation sites (N-methyl/N-ethyl adjacent to an activating group) is 2. The Kier molecular flexibility index (Phi) is 5.60. The Bertz CT molecular complexity index is 468. The van der Waals surface area contributed by atoms with Crippen LogP contribution in [0, 0.1) is 0 Å². The van der Waals surface area contributed by atoms with Gasteiger partial charge in [0.05, 0.1) is 6.54 Å². The molecule has 0 saturated carbocycles. The highest BCUT2D eigenvalue weighted by molar-refractivity contribution is 9.10. The molecule has 0 fully saturated rings. The Morgan fingerprint density at radius 3 is 2.58 bits per heavy atom. The molecule has 1 aromatic heterocycles. The van der Waals surface area contributed by atoms with E-state index >= 15 is 0 Å². The molecule has 0 bridgehead atoms. The van der Waals surface area contributed by atoms with Crippen molar-refractivity contribution in [3.8, 4) is 0 Å². The standard InChI is InChI=1S/C13H20BrN3O2/c1-5-16(8-12(18)15-4)13(19)11-6-10(14)7-17(11)9(2)3/h6-7,9H,5,8H2,1-4H3,(H,15,18). The van der Waals surface area contributed by atoms with Gasteiger partial charge in [-0.2, -0.15) is 0 Å². The van der Waals surface area contributed by atoms with E-state index in [0.717, 1.165) is 4.47 Å². The largest absolute Gasteiger partial charge is 0.358 e. The van der Waals surface area contributed by atoms with Crippen molar-refractivity contribution in [3.05, 3.63) is 22.4 Å². The van der Waals surface area contributed by atoms with E-state index in [1.54, 1.807) is 13.1 Å². The molecular formula is C13H20BrN3O2. The van der Waals surface area contributed by atoms with Crippen LogP contribution in [0.15, 0.2) is 16.7 Å². The van der Waals surface area contributed by atoms with Gasteiger partial charge in [0, 0.05) is 30.3 Å². The van der Waals surface area contributed by atoms with Gasteiger partial charge in [0.25, 0.3) is 5.91 Å². The molecule has 19 heavy (non-hydrogen) atoms. The van der Waals surface area contributed by atoms with Gasteiger partial charge in [0.1, 0.15) is 5.69 Å². The zero-order valence-corrected chi connectivity index (χ0v) is 13.3. The molecule has 0 aliphatic heterocycles. The minimum absolute atomic E-state index is 0.0761. The average molecular weight is 330 g/mol. The van der Waals surface area contributed by atoms with Crippen LogP contribution in [0.5, 0.6) is 0 Å². The molecule has 0 saturated heterocycles. The molecule has 0 aliphatic carbocycles. The van der Waals surface area contributed by atoms with E-state index in [-0.39, 0.29) is 24.4 Å². The Balaban J connectivity index is 3.00. The van der Waals surface area contributed by atoms with Crippen LogP contribution in [0.2, 0.25) is 0 Å². The van der Waals surface area contributed by atoms with Gasteiger partial charge in [-0.1, -0.05) is 0 Å². The molecule has 1 N–H and O–H groups in total. The van der Waals surface area contributed by atoms with Crippen LogP contribution in [0.25, 0.3) is 0 Å². The number of nitrogens with one attached hydrogen (secondary N) is 1. The third-order valence-corrected chi connectivity index (χ3v) is 3.31. The van der Waals surface area contributed by atoms with Gasteiger partial charge in [-0.15, -0.1) is 0 Å². The lowest BCUT2D eigenvalue weighted by Crippen LogP contribution is -2.40. The molecule has 0 unspecified atom stereocenters. The summed E-state index contributed by atoms with van der Waals surface area (Å²) in [6.45, 7) is 6.45. The first-order valence-corrected chi connectivity index (χ1v) is 7.07. The van der Waals surface area contributed by atoms with E-state index in [9.17, 15) is 9.59 Å². The number of aromatic nitrogens is 1. The second-order valence-electron chi connectivity index (χ2n) is 4.54. The highest BCUT2D eigenvalue weighted by Crippen LogP contribution is 2.20. The smallest absolute Gasteiger partial charge is 0.270 e. The fourth-order valence-corrected chi connectivity index (χ4v) is 2.22. The van der Waals surface area contributed by atoms with Gasteiger partial charge < -0.3 is 14.8 Å². The van der Waals surface area contributed by atoms with Crippen LogP contribution in [0.1, 0.15) is 37.3 Å². The summed E-state index contributed by atoms with van der Waals surface area (Å²) >= 11 is 3.38. The van der Waals surface area contributed by atoms with Crippen molar-refractivity contribution in [2.24, 2.45) is 0 Å². The number of hydrogen-bond acceptors (Lipinski definition) is 2. The molecule has 0 atom stereocenters. The normalized spacial score (nSPS) is 10.6. The van der Waals surface area contributed by atoms with Gasteiger partial charge in [-0.3, -0.25) is 9.59 Å². The minimum Gasteiger partial charge on any atom is -0.358 e. The van der Waals surface area contributed by atoms with Crippen LogP contribution < -0.4 is 5.32 Å². The fourth-order valence-electron chi connectivity index (χ4n) is 1.79. The average Bonchev–Trinajstić information content (AvgIpc) is 2.77. The first kappa shape index (κ1) is 15.8. The van der Waals surface area contributed by atoms with Gasteiger partial charge >= 0.3 is 0 Å². The first-order chi connectivity index (χ1) is 8.90. The third kappa shape index (κ3) is 3.83. The van der Waals surface area contributed by atoms with Crippen molar-refractivity contribution in [2.45, 2.75) is 26.8 Å². The van der Waals surface area contributed by atoms with E-state index in [2.05, 4.69) is 21.2 Å². The van der Waals surface area contributed by atoms with Crippen molar-refractivity contribution in [3.63, 3.8) is 0 Å². The molecule has 0 radical (unpaired) electrons. The lowest BCUT2D eigenvalue weighted by molar-refractivity contribution is -0.121. The van der Waals surface area contributed by atoms with Crippen LogP contribution in [-0.2, 0) is 4.79 Å². The van der Waals surface area contributed by atoms with Crippen LogP contribution in [-0.4, -0.2) is 41.4 Å². The van der Waals surface area contributed by atoms with Gasteiger partial charge in [0.2, 0.25) is 5.91 Å². The molecule has 6 heteroatoms. The number of carbonyl (C=O) groups is 2. The number of carbonyl (C=O) groups excluding carboxylic acids is 2. The van der Waals surface area contributed by atoms with E-state index in [0.29, 0.717) is 12.2 Å². The van der Waals surface area contributed by atoms with Crippen LogP contribution in [0.3, 0.4) is 0 Å². The molecule has 1 rings (SSSR count). The highest BCUT2D eigenvalue weighted by Gasteiger charge is 2.21. The summed E-state index contributed by atoms with van der Waals surface area (Å²) in [5.41, 5.74) is 0.590. The first-order valence-electron chi connectivity index (χ1n) is 6.27. The number of amides is 2. The maximum Gasteiger partial charge on any atom is 0.270 e. The van der Waals surface area contributed by atoms with Crippen molar-refractivity contribution in [1.29, 1.82) is 0 Å². The van der Waals surface area contributed by atoms with Gasteiger partial charge in [-0.25, -0.2) is 0 Å². The van der Waals surface area contributed by atoms with E-state index in [4.69, 9.17) is 0 Å². The van der Waals surface area contributed by atoms with Crippen LogP contribution >= 0.6 is 15.9 Å². The van der Waals surface area contributed by atoms with Gasteiger partial charge in [-0.05, 0) is 42.8 Å². The summed E-state index contributed by atoms with van der Waals surface area (Å²) in [6, 6.07) is 1.97. The topological polar surface area (TPSA) is 54.3 Å². The molecule has 106 valence electrons. The highest BCUT2D eigenvalue weighted by atomic mass is 79.9. The predicted molar refractivity (Wildman–Crippen MR) is 78.2 cm³/mol. The maximum atomic E-state index is 12.5. The summed E-state index contributed by atoms with van der Waals surface area (Å²) < 4.78 is 2.76. The van der Waals surface area contributed by atoms with E-state index < -0.39 is 0 Å². The number of rotatable bonds is 5. The molecule has 1 heterocycles. The monoisotopic (exact) mass is 329 g/mol. The Hall–Kier alpha value is -1.30. The molecule has 0 spiro atoms. The molecule has 5 nitrogen and oxygen atoms in total. The lowest BCUT2D eigenvalue weighted by atomic mass is 10.3. The second kappa shape index (κ2) is 6.75. The summed E-state index contributed by atoms with van der Waals surface area (Å²) in [7, 11) is 1.56. The minimum atomic E-state index is -0.170. The zero-order valence-electron chi connectivity index (χ0n) is 11.7. The Morgan fingerprint density at radius 2 is 2.11 bits per heavy atom. The molecule has 0 aliphatic rings. The Labute approximate surface area is 122 Å². The maximum absolute atomic E-state index is 12.5. The number of nitrogens with zero attached hydrogens (tertiary/aromatic N) is 2. The second-order valence-corrected chi connectivity index (χ2v) is 5.45. The van der Waals surface area contributed by atoms with Crippen LogP contribution in [0.4, 0.5) is 0 Å².